The van der Waals surface area contributed by atoms with Gasteiger partial charge >= 0.3 is 0 Å². The summed E-state index contributed by atoms with van der Waals surface area (Å²) in [7, 11) is 0. The van der Waals surface area contributed by atoms with Crippen LogP contribution in [0.1, 0.15) is 17.2 Å². The highest BCUT2D eigenvalue weighted by Gasteiger charge is 2.42. The quantitative estimate of drug-likeness (QED) is 0.802. The van der Waals surface area contributed by atoms with Crippen LogP contribution >= 0.6 is 11.6 Å². The third-order valence-electron chi connectivity index (χ3n) is 3.57. The fourth-order valence-corrected chi connectivity index (χ4v) is 2.81. The van der Waals surface area contributed by atoms with Gasteiger partial charge in [0, 0.05) is 5.02 Å². The summed E-state index contributed by atoms with van der Waals surface area (Å²) in [6.07, 6.45) is -1.79. The number of halogens is 1. The summed E-state index contributed by atoms with van der Waals surface area (Å²) in [4.78, 5) is 0. The van der Waals surface area contributed by atoms with E-state index in [1.54, 1.807) is 6.07 Å². The Morgan fingerprint density at radius 2 is 2.06 bits per heavy atom. The minimum Gasteiger partial charge on any atom is -0.388 e. The molecule has 0 aromatic heterocycles. The van der Waals surface area contributed by atoms with Crippen LogP contribution in [0.2, 0.25) is 5.02 Å². The molecule has 4 nitrogen and oxygen atoms in total. The highest BCUT2D eigenvalue weighted by molar-refractivity contribution is 6.30. The van der Waals surface area contributed by atoms with E-state index in [9.17, 15) is 10.2 Å². The maximum Gasteiger partial charge on any atom is 0.116 e. The molecule has 1 saturated heterocycles. The van der Waals surface area contributed by atoms with Crippen LogP contribution in [0.25, 0.3) is 0 Å². The van der Waals surface area contributed by atoms with Gasteiger partial charge in [-0.25, -0.2) is 0 Å². The van der Waals surface area contributed by atoms with E-state index in [4.69, 9.17) is 21.1 Å². The smallest absolute Gasteiger partial charge is 0.116 e. The molecule has 18 heavy (non-hydrogen) atoms. The summed E-state index contributed by atoms with van der Waals surface area (Å²) in [6.45, 7) is 0.718. The first-order valence-electron chi connectivity index (χ1n) is 6.04. The van der Waals surface area contributed by atoms with Gasteiger partial charge in [0.1, 0.15) is 24.4 Å². The van der Waals surface area contributed by atoms with Gasteiger partial charge in [-0.1, -0.05) is 17.7 Å². The highest BCUT2D eigenvalue weighted by atomic mass is 35.5. The number of hydrogen-bond acceptors (Lipinski definition) is 4. The van der Waals surface area contributed by atoms with Crippen LogP contribution in [0, 0.1) is 0 Å². The lowest BCUT2D eigenvalue weighted by atomic mass is 9.92. The van der Waals surface area contributed by atoms with Crippen LogP contribution in [-0.4, -0.2) is 41.7 Å². The van der Waals surface area contributed by atoms with Gasteiger partial charge in [0.15, 0.2) is 0 Å². The molecule has 0 unspecified atom stereocenters. The van der Waals surface area contributed by atoms with Crippen LogP contribution in [-0.2, 0) is 15.9 Å². The van der Waals surface area contributed by atoms with E-state index in [2.05, 4.69) is 0 Å². The number of hydrogen-bond donors (Lipinski definition) is 2. The Labute approximate surface area is 110 Å². The number of benzene rings is 1. The largest absolute Gasteiger partial charge is 0.388 e. The van der Waals surface area contributed by atoms with Gasteiger partial charge in [0.05, 0.1) is 13.2 Å². The third-order valence-corrected chi connectivity index (χ3v) is 3.80. The van der Waals surface area contributed by atoms with Crippen molar-refractivity contribution in [3.8, 4) is 0 Å². The Kier molecular flexibility index (Phi) is 3.30. The number of aliphatic hydroxyl groups excluding tert-OH is 2. The van der Waals surface area contributed by atoms with Crippen LogP contribution in [0.15, 0.2) is 18.2 Å². The normalized spacial score (nSPS) is 35.5. The van der Waals surface area contributed by atoms with Crippen LogP contribution in [0.5, 0.6) is 0 Å². The van der Waals surface area contributed by atoms with Crippen molar-refractivity contribution in [3.05, 3.63) is 34.3 Å². The Bertz CT molecular complexity index is 451. The number of aliphatic hydroxyl groups is 2. The molecule has 0 aliphatic carbocycles. The monoisotopic (exact) mass is 270 g/mol. The maximum atomic E-state index is 9.91. The van der Waals surface area contributed by atoms with E-state index >= 15 is 0 Å². The van der Waals surface area contributed by atoms with Crippen molar-refractivity contribution in [2.45, 2.75) is 30.8 Å². The van der Waals surface area contributed by atoms with Gasteiger partial charge in [0.2, 0.25) is 0 Å². The molecule has 2 heterocycles. The number of ether oxygens (including phenoxy) is 2. The molecule has 1 aromatic rings. The van der Waals surface area contributed by atoms with Crippen molar-refractivity contribution in [2.24, 2.45) is 0 Å². The first kappa shape index (κ1) is 12.4. The van der Waals surface area contributed by atoms with Crippen LogP contribution in [0.3, 0.4) is 0 Å². The standard InChI is InChI=1S/C13H15ClO4/c14-8-1-2-9-7(5-8)3-4-17-12(9)13-11(16)10(15)6-18-13/h1-2,5,10-13,15-16H,3-4,6H2/t10-,11-,12+,13-/m0/s1. The van der Waals surface area contributed by atoms with Gasteiger partial charge in [-0.15, -0.1) is 0 Å². The van der Waals surface area contributed by atoms with Gasteiger partial charge < -0.3 is 19.7 Å². The molecule has 3 rings (SSSR count). The van der Waals surface area contributed by atoms with Crippen molar-refractivity contribution in [1.29, 1.82) is 0 Å². The lowest BCUT2D eigenvalue weighted by molar-refractivity contribution is -0.0902. The summed E-state index contributed by atoms with van der Waals surface area (Å²) >= 11 is 5.97. The molecule has 1 fully saturated rings. The first-order valence-corrected chi connectivity index (χ1v) is 6.42. The average Bonchev–Trinajstić information content (AvgIpc) is 2.69. The molecule has 0 saturated carbocycles. The van der Waals surface area contributed by atoms with Gasteiger partial charge in [0.25, 0.3) is 0 Å². The number of rotatable bonds is 1. The summed E-state index contributed by atoms with van der Waals surface area (Å²) in [5, 5.41) is 20.1. The molecule has 0 spiro atoms. The van der Waals surface area contributed by atoms with E-state index in [0.717, 1.165) is 17.5 Å². The fraction of sp³-hybridized carbons (Fsp3) is 0.538. The van der Waals surface area contributed by atoms with Crippen molar-refractivity contribution in [3.63, 3.8) is 0 Å². The van der Waals surface area contributed by atoms with Crippen molar-refractivity contribution in [2.75, 3.05) is 13.2 Å². The zero-order valence-corrected chi connectivity index (χ0v) is 10.5. The zero-order chi connectivity index (χ0) is 12.7. The molecular formula is C13H15ClO4. The van der Waals surface area contributed by atoms with Crippen molar-refractivity contribution >= 4 is 11.6 Å². The van der Waals surface area contributed by atoms with E-state index in [1.165, 1.54) is 0 Å². The van der Waals surface area contributed by atoms with E-state index in [1.807, 2.05) is 12.1 Å². The molecule has 98 valence electrons. The molecule has 5 heteroatoms. The molecule has 0 radical (unpaired) electrons. The predicted molar refractivity (Wildman–Crippen MR) is 65.6 cm³/mol. The topological polar surface area (TPSA) is 58.9 Å². The molecule has 2 aliphatic rings. The summed E-state index contributed by atoms with van der Waals surface area (Å²) in [5.74, 6) is 0. The van der Waals surface area contributed by atoms with Gasteiger partial charge in [-0.2, -0.15) is 0 Å². The van der Waals surface area contributed by atoms with Crippen molar-refractivity contribution in [1.82, 2.24) is 0 Å². The Hall–Kier alpha value is -0.650. The second-order valence-corrected chi connectivity index (χ2v) is 5.18. The lowest BCUT2D eigenvalue weighted by Gasteiger charge is -2.31. The molecule has 1 aromatic carbocycles. The van der Waals surface area contributed by atoms with E-state index in [-0.39, 0.29) is 12.7 Å². The van der Waals surface area contributed by atoms with Crippen molar-refractivity contribution < 1.29 is 19.7 Å². The molecule has 0 amide bonds. The van der Waals surface area contributed by atoms with Gasteiger partial charge in [-0.05, 0) is 29.7 Å². The molecule has 4 atom stereocenters. The lowest BCUT2D eigenvalue weighted by Crippen LogP contribution is -2.37. The Morgan fingerprint density at radius 3 is 2.78 bits per heavy atom. The maximum absolute atomic E-state index is 9.91. The average molecular weight is 271 g/mol. The zero-order valence-electron chi connectivity index (χ0n) is 9.75. The van der Waals surface area contributed by atoms with E-state index < -0.39 is 18.3 Å². The minimum absolute atomic E-state index is 0.147. The van der Waals surface area contributed by atoms with Crippen LogP contribution in [0.4, 0.5) is 0 Å². The number of fused-ring (bicyclic) bond motifs is 1. The molecular weight excluding hydrogens is 256 g/mol. The molecule has 0 bridgehead atoms. The second kappa shape index (κ2) is 4.79. The summed E-state index contributed by atoms with van der Waals surface area (Å²) < 4.78 is 11.2. The molecule has 2 aliphatic heterocycles. The highest BCUT2D eigenvalue weighted by Crippen LogP contribution is 2.36. The first-order chi connectivity index (χ1) is 8.66. The SMILES string of the molecule is O[C@@H]1[C@@H]([C@@H]2OCCc3cc(Cl)ccc32)OC[C@@H]1O. The van der Waals surface area contributed by atoms with Gasteiger partial charge in [-0.3, -0.25) is 0 Å². The Balaban J connectivity index is 1.92. The van der Waals surface area contributed by atoms with E-state index in [0.29, 0.717) is 11.6 Å². The molecule has 2 N–H and O–H groups in total. The summed E-state index contributed by atoms with van der Waals surface area (Å²) in [6, 6.07) is 5.63. The summed E-state index contributed by atoms with van der Waals surface area (Å²) in [5.41, 5.74) is 2.11. The third kappa shape index (κ3) is 2.04. The Morgan fingerprint density at radius 1 is 1.22 bits per heavy atom. The predicted octanol–water partition coefficient (Wildman–Crippen LogP) is 1.07. The van der Waals surface area contributed by atoms with Crippen LogP contribution < -0.4 is 0 Å². The second-order valence-electron chi connectivity index (χ2n) is 4.74. The fourth-order valence-electron chi connectivity index (χ4n) is 2.62. The minimum atomic E-state index is -0.906.